The Kier molecular flexibility index (Phi) is 4.96. The highest BCUT2D eigenvalue weighted by atomic mass is 35.5. The highest BCUT2D eigenvalue weighted by Crippen LogP contribution is 2.36. The Labute approximate surface area is 149 Å². The predicted molar refractivity (Wildman–Crippen MR) is 97.0 cm³/mol. The minimum Gasteiger partial charge on any atom is -0.312 e. The van der Waals surface area contributed by atoms with Gasteiger partial charge in [-0.05, 0) is 24.1 Å². The first-order valence-corrected chi connectivity index (χ1v) is 9.16. The molecule has 3 rings (SSSR count). The molecule has 0 bridgehead atoms. The fourth-order valence-corrected chi connectivity index (χ4v) is 3.88. The monoisotopic (exact) mass is 363 g/mol. The fourth-order valence-electron chi connectivity index (χ4n) is 2.87. The summed E-state index contributed by atoms with van der Waals surface area (Å²) in [5.41, 5.74) is 1.10. The summed E-state index contributed by atoms with van der Waals surface area (Å²) in [7, 11) is 1.82. The molecular weight excluding hydrogens is 346 g/mol. The van der Waals surface area contributed by atoms with Gasteiger partial charge in [0.2, 0.25) is 5.91 Å². The minimum atomic E-state index is -0.330. The molecule has 5 nitrogen and oxygen atoms in total. The molecule has 1 atom stereocenters. The van der Waals surface area contributed by atoms with Crippen molar-refractivity contribution in [3.63, 3.8) is 0 Å². The van der Waals surface area contributed by atoms with Crippen LogP contribution in [0.5, 0.6) is 0 Å². The average Bonchev–Trinajstić information content (AvgIpc) is 2.56. The number of carbonyl (C=O) groups is 1. The topological polar surface area (TPSA) is 64.0 Å². The summed E-state index contributed by atoms with van der Waals surface area (Å²) < 4.78 is 1.80. The summed E-state index contributed by atoms with van der Waals surface area (Å²) in [5, 5.41) is 4.04. The van der Waals surface area contributed by atoms with Gasteiger partial charge in [-0.2, -0.15) is 4.98 Å². The quantitative estimate of drug-likeness (QED) is 0.667. The van der Waals surface area contributed by atoms with Crippen molar-refractivity contribution < 1.29 is 4.79 Å². The third-order valence-electron chi connectivity index (χ3n) is 3.99. The Bertz CT molecular complexity index is 850. The average molecular weight is 364 g/mol. The lowest BCUT2D eigenvalue weighted by Gasteiger charge is -2.27. The third kappa shape index (κ3) is 3.21. The van der Waals surface area contributed by atoms with Crippen LogP contribution in [0.4, 0.5) is 5.82 Å². The smallest absolute Gasteiger partial charge is 0.279 e. The molecule has 2 aromatic rings. The lowest BCUT2D eigenvalue weighted by Crippen LogP contribution is -2.33. The van der Waals surface area contributed by atoms with E-state index in [1.165, 1.54) is 11.8 Å². The molecule has 0 saturated heterocycles. The van der Waals surface area contributed by atoms with Crippen LogP contribution in [0.25, 0.3) is 0 Å². The highest BCUT2D eigenvalue weighted by molar-refractivity contribution is 7.99. The summed E-state index contributed by atoms with van der Waals surface area (Å²) >= 11 is 7.59. The molecule has 126 valence electrons. The maximum atomic E-state index is 12.7. The number of hydrogen-bond donors (Lipinski definition) is 1. The van der Waals surface area contributed by atoms with Crippen molar-refractivity contribution >= 4 is 35.1 Å². The molecule has 0 spiro atoms. The van der Waals surface area contributed by atoms with E-state index >= 15 is 0 Å². The fraction of sp³-hybridized carbons (Fsp3) is 0.353. The van der Waals surface area contributed by atoms with Gasteiger partial charge in [0, 0.05) is 30.2 Å². The number of benzene rings is 1. The molecule has 2 heterocycles. The lowest BCUT2D eigenvalue weighted by atomic mass is 9.87. The molecule has 7 heteroatoms. The second-order valence-electron chi connectivity index (χ2n) is 5.73. The Hall–Kier alpha value is -1.79. The van der Waals surface area contributed by atoms with Crippen molar-refractivity contribution in [3.05, 3.63) is 50.8 Å². The summed E-state index contributed by atoms with van der Waals surface area (Å²) in [5.74, 6) is 0.962. The minimum absolute atomic E-state index is 0.111. The van der Waals surface area contributed by atoms with Crippen molar-refractivity contribution in [2.75, 3.05) is 11.1 Å². The van der Waals surface area contributed by atoms with Crippen LogP contribution >= 0.6 is 23.4 Å². The molecular formula is C17H18ClN3O2S. The van der Waals surface area contributed by atoms with Gasteiger partial charge in [-0.15, -0.1) is 0 Å². The first-order chi connectivity index (χ1) is 11.5. The zero-order chi connectivity index (χ0) is 17.3. The van der Waals surface area contributed by atoms with Crippen LogP contribution in [0.3, 0.4) is 0 Å². The van der Waals surface area contributed by atoms with Crippen LogP contribution in [-0.2, 0) is 11.8 Å². The molecule has 0 saturated carbocycles. The van der Waals surface area contributed by atoms with E-state index in [0.717, 1.165) is 17.7 Å². The van der Waals surface area contributed by atoms with E-state index in [-0.39, 0.29) is 23.8 Å². The van der Waals surface area contributed by atoms with Gasteiger partial charge < -0.3 is 9.88 Å². The van der Waals surface area contributed by atoms with E-state index in [4.69, 9.17) is 11.6 Å². The third-order valence-corrected chi connectivity index (χ3v) is 5.46. The molecule has 1 N–H and O–H groups in total. The van der Waals surface area contributed by atoms with Crippen LogP contribution in [0.1, 0.15) is 36.8 Å². The van der Waals surface area contributed by atoms with E-state index in [2.05, 4.69) is 17.2 Å². The molecule has 0 unspecified atom stereocenters. The van der Waals surface area contributed by atoms with Crippen LogP contribution in [0, 0.1) is 0 Å². The summed E-state index contributed by atoms with van der Waals surface area (Å²) in [4.78, 5) is 29.1. The second-order valence-corrected chi connectivity index (χ2v) is 7.23. The number of carbonyl (C=O) groups excluding carboxylic acids is 1. The van der Waals surface area contributed by atoms with E-state index < -0.39 is 0 Å². The lowest BCUT2D eigenvalue weighted by molar-refractivity contribution is -0.116. The number of halogens is 1. The number of anilines is 1. The Morgan fingerprint density at radius 3 is 2.92 bits per heavy atom. The van der Waals surface area contributed by atoms with E-state index in [9.17, 15) is 9.59 Å². The number of nitrogens with one attached hydrogen (secondary N) is 1. The number of nitrogens with zero attached hydrogens (tertiary/aromatic N) is 2. The Morgan fingerprint density at radius 2 is 2.21 bits per heavy atom. The van der Waals surface area contributed by atoms with Gasteiger partial charge in [0.1, 0.15) is 5.82 Å². The predicted octanol–water partition coefficient (Wildman–Crippen LogP) is 3.41. The summed E-state index contributed by atoms with van der Waals surface area (Å²) in [6.07, 6.45) is 1.20. The van der Waals surface area contributed by atoms with Crippen molar-refractivity contribution in [1.82, 2.24) is 9.55 Å². The van der Waals surface area contributed by atoms with Crippen LogP contribution in [-0.4, -0.2) is 21.2 Å². The second kappa shape index (κ2) is 6.99. The molecule has 1 amide bonds. The van der Waals surface area contributed by atoms with Gasteiger partial charge in [0.25, 0.3) is 5.56 Å². The van der Waals surface area contributed by atoms with Crippen LogP contribution in [0.15, 0.2) is 34.2 Å². The van der Waals surface area contributed by atoms with Crippen molar-refractivity contribution in [1.29, 1.82) is 0 Å². The molecule has 24 heavy (non-hydrogen) atoms. The van der Waals surface area contributed by atoms with Gasteiger partial charge >= 0.3 is 0 Å². The van der Waals surface area contributed by atoms with Crippen molar-refractivity contribution in [3.8, 4) is 0 Å². The molecule has 0 aliphatic carbocycles. The van der Waals surface area contributed by atoms with E-state index in [0.29, 0.717) is 21.6 Å². The van der Waals surface area contributed by atoms with Gasteiger partial charge in [0.15, 0.2) is 5.16 Å². The van der Waals surface area contributed by atoms with E-state index in [1.54, 1.807) is 16.7 Å². The van der Waals surface area contributed by atoms with Crippen LogP contribution < -0.4 is 10.9 Å². The maximum Gasteiger partial charge on any atom is 0.279 e. The number of amides is 1. The number of rotatable bonds is 4. The molecule has 1 aromatic heterocycles. The molecule has 1 aliphatic heterocycles. The van der Waals surface area contributed by atoms with Gasteiger partial charge in [-0.1, -0.05) is 42.4 Å². The molecule has 0 fully saturated rings. The standard InChI is InChI=1S/C17H18ClN3O2S/c1-3-7-24-17-20-16(23)14-12(10-5-4-6-11(18)8-10)9-13(22)19-15(14)21(17)2/h4-6,8,12H,3,7,9H2,1-2H3,(H,19,22)/t12-/m0/s1. The number of fused-ring (bicyclic) bond motifs is 1. The van der Waals surface area contributed by atoms with Gasteiger partial charge in [0.05, 0.1) is 5.56 Å². The zero-order valence-electron chi connectivity index (χ0n) is 13.5. The summed E-state index contributed by atoms with van der Waals surface area (Å²) in [6.45, 7) is 2.07. The van der Waals surface area contributed by atoms with Crippen LogP contribution in [0.2, 0.25) is 5.02 Å². The number of thioether (sulfide) groups is 1. The normalized spacial score (nSPS) is 16.6. The first kappa shape index (κ1) is 17.0. The largest absolute Gasteiger partial charge is 0.312 e. The van der Waals surface area contributed by atoms with Gasteiger partial charge in [-0.25, -0.2) is 0 Å². The number of hydrogen-bond acceptors (Lipinski definition) is 4. The molecule has 0 radical (unpaired) electrons. The van der Waals surface area contributed by atoms with Crippen molar-refractivity contribution in [2.24, 2.45) is 7.05 Å². The zero-order valence-corrected chi connectivity index (χ0v) is 15.1. The number of aromatic nitrogens is 2. The van der Waals surface area contributed by atoms with Crippen molar-refractivity contribution in [2.45, 2.75) is 30.8 Å². The highest BCUT2D eigenvalue weighted by Gasteiger charge is 2.32. The summed E-state index contributed by atoms with van der Waals surface area (Å²) in [6, 6.07) is 7.29. The molecule has 1 aromatic carbocycles. The van der Waals surface area contributed by atoms with Gasteiger partial charge in [-0.3, -0.25) is 9.59 Å². The van der Waals surface area contributed by atoms with E-state index in [1.807, 2.05) is 19.2 Å². The first-order valence-electron chi connectivity index (χ1n) is 7.80. The SMILES string of the molecule is CCCSc1nc(=O)c2c(n1C)NC(=O)C[C@H]2c1cccc(Cl)c1. The maximum absolute atomic E-state index is 12.7. The Morgan fingerprint density at radius 1 is 1.42 bits per heavy atom. The Balaban J connectivity index is 2.14. The molecule has 1 aliphatic rings.